The Morgan fingerprint density at radius 2 is 2.13 bits per heavy atom. The predicted molar refractivity (Wildman–Crippen MR) is 64.2 cm³/mol. The molecule has 0 saturated carbocycles. The van der Waals surface area contributed by atoms with Crippen LogP contribution in [0.5, 0.6) is 0 Å². The van der Waals surface area contributed by atoms with Crippen LogP contribution in [0, 0.1) is 0 Å². The minimum Gasteiger partial charge on any atom is -0.370 e. The highest BCUT2D eigenvalue weighted by Crippen LogP contribution is 2.05. The minimum absolute atomic E-state index is 0.661. The first-order valence-electron chi connectivity index (χ1n) is 5.61. The van der Waals surface area contributed by atoms with Crippen LogP contribution < -0.4 is 10.6 Å². The van der Waals surface area contributed by atoms with E-state index in [0.29, 0.717) is 5.95 Å². The van der Waals surface area contributed by atoms with Gasteiger partial charge in [0, 0.05) is 19.8 Å². The van der Waals surface area contributed by atoms with E-state index in [-0.39, 0.29) is 0 Å². The predicted octanol–water partition coefficient (Wildman–Crippen LogP) is 2.51. The Bertz CT molecular complexity index is 275. The molecule has 0 spiro atoms. The van der Waals surface area contributed by atoms with Gasteiger partial charge in [-0.1, -0.05) is 26.2 Å². The van der Waals surface area contributed by atoms with Crippen molar-refractivity contribution in [3.63, 3.8) is 0 Å². The van der Waals surface area contributed by atoms with Gasteiger partial charge in [0.25, 0.3) is 0 Å². The van der Waals surface area contributed by atoms with E-state index in [1.165, 1.54) is 25.7 Å². The highest BCUT2D eigenvalue weighted by atomic mass is 15.1. The van der Waals surface area contributed by atoms with Gasteiger partial charge in [-0.15, -0.1) is 0 Å². The van der Waals surface area contributed by atoms with Gasteiger partial charge in [0.05, 0.1) is 0 Å². The Kier molecular flexibility index (Phi) is 5.51. The Labute approximate surface area is 91.5 Å². The fourth-order valence-electron chi connectivity index (χ4n) is 1.35. The van der Waals surface area contributed by atoms with Crippen molar-refractivity contribution in [2.75, 3.05) is 24.2 Å². The van der Waals surface area contributed by atoms with Crippen LogP contribution in [0.25, 0.3) is 0 Å². The van der Waals surface area contributed by atoms with Crippen molar-refractivity contribution in [3.05, 3.63) is 12.3 Å². The molecule has 0 amide bonds. The molecule has 0 aliphatic carbocycles. The van der Waals surface area contributed by atoms with Crippen LogP contribution in [0.2, 0.25) is 0 Å². The van der Waals surface area contributed by atoms with Crippen molar-refractivity contribution in [1.82, 2.24) is 9.97 Å². The molecule has 0 fully saturated rings. The van der Waals surface area contributed by atoms with Crippen LogP contribution in [0.1, 0.15) is 32.6 Å². The number of nitrogens with zero attached hydrogens (tertiary/aromatic N) is 2. The first kappa shape index (κ1) is 11.8. The van der Waals surface area contributed by atoms with Crippen LogP contribution in [0.15, 0.2) is 12.3 Å². The summed E-state index contributed by atoms with van der Waals surface area (Å²) in [5.74, 6) is 1.56. The van der Waals surface area contributed by atoms with Crippen LogP contribution in [0.3, 0.4) is 0 Å². The van der Waals surface area contributed by atoms with E-state index in [4.69, 9.17) is 0 Å². The van der Waals surface area contributed by atoms with Gasteiger partial charge in [-0.3, -0.25) is 0 Å². The lowest BCUT2D eigenvalue weighted by molar-refractivity contribution is 0.684. The SMILES string of the molecule is CCCCCCNc1ccnc(NC)n1. The van der Waals surface area contributed by atoms with Crippen molar-refractivity contribution < 1.29 is 0 Å². The molecule has 0 aliphatic heterocycles. The molecule has 1 heterocycles. The van der Waals surface area contributed by atoms with Crippen molar-refractivity contribution in [1.29, 1.82) is 0 Å². The fraction of sp³-hybridized carbons (Fsp3) is 0.636. The van der Waals surface area contributed by atoms with Gasteiger partial charge in [-0.05, 0) is 12.5 Å². The van der Waals surface area contributed by atoms with Crippen LogP contribution in [-0.4, -0.2) is 23.6 Å². The molecule has 0 unspecified atom stereocenters. The van der Waals surface area contributed by atoms with Gasteiger partial charge in [0.1, 0.15) is 5.82 Å². The average molecular weight is 208 g/mol. The topological polar surface area (TPSA) is 49.8 Å². The third-order valence-electron chi connectivity index (χ3n) is 2.22. The molecule has 0 aromatic carbocycles. The zero-order chi connectivity index (χ0) is 10.9. The lowest BCUT2D eigenvalue weighted by Gasteiger charge is -2.06. The Morgan fingerprint density at radius 3 is 2.87 bits per heavy atom. The first-order chi connectivity index (χ1) is 7.36. The number of hydrogen-bond donors (Lipinski definition) is 2. The molecule has 0 aliphatic rings. The zero-order valence-electron chi connectivity index (χ0n) is 9.58. The normalized spacial score (nSPS) is 10.0. The van der Waals surface area contributed by atoms with E-state index >= 15 is 0 Å². The summed E-state index contributed by atoms with van der Waals surface area (Å²) in [5.41, 5.74) is 0. The van der Waals surface area contributed by atoms with Crippen molar-refractivity contribution >= 4 is 11.8 Å². The Morgan fingerprint density at radius 1 is 1.27 bits per heavy atom. The van der Waals surface area contributed by atoms with Crippen LogP contribution in [0.4, 0.5) is 11.8 Å². The zero-order valence-corrected chi connectivity index (χ0v) is 9.58. The molecule has 0 bridgehead atoms. The number of aromatic nitrogens is 2. The third kappa shape index (κ3) is 4.63. The third-order valence-corrected chi connectivity index (χ3v) is 2.22. The summed E-state index contributed by atoms with van der Waals surface area (Å²) in [7, 11) is 1.82. The highest BCUT2D eigenvalue weighted by molar-refractivity contribution is 5.38. The fourth-order valence-corrected chi connectivity index (χ4v) is 1.35. The van der Waals surface area contributed by atoms with Gasteiger partial charge in [0.2, 0.25) is 5.95 Å². The van der Waals surface area contributed by atoms with E-state index in [1.807, 2.05) is 13.1 Å². The number of hydrogen-bond acceptors (Lipinski definition) is 4. The molecular formula is C11H20N4. The molecule has 84 valence electrons. The van der Waals surface area contributed by atoms with E-state index in [1.54, 1.807) is 6.20 Å². The van der Waals surface area contributed by atoms with Crippen LogP contribution >= 0.6 is 0 Å². The van der Waals surface area contributed by atoms with E-state index in [2.05, 4.69) is 27.5 Å². The molecule has 2 N–H and O–H groups in total. The second-order valence-electron chi connectivity index (χ2n) is 3.50. The summed E-state index contributed by atoms with van der Waals surface area (Å²) in [4.78, 5) is 8.33. The molecule has 1 aromatic heterocycles. The summed E-state index contributed by atoms with van der Waals surface area (Å²) in [5, 5.41) is 6.20. The molecule has 4 heteroatoms. The second kappa shape index (κ2) is 7.04. The molecule has 4 nitrogen and oxygen atoms in total. The number of anilines is 2. The summed E-state index contributed by atoms with van der Waals surface area (Å²) >= 11 is 0. The van der Waals surface area contributed by atoms with Crippen LogP contribution in [-0.2, 0) is 0 Å². The molecule has 0 radical (unpaired) electrons. The molecule has 15 heavy (non-hydrogen) atoms. The highest BCUT2D eigenvalue weighted by Gasteiger charge is 1.95. The molecule has 0 atom stereocenters. The van der Waals surface area contributed by atoms with Gasteiger partial charge in [-0.2, -0.15) is 4.98 Å². The summed E-state index contributed by atoms with van der Waals surface area (Å²) in [6.45, 7) is 3.21. The maximum Gasteiger partial charge on any atom is 0.224 e. The van der Waals surface area contributed by atoms with Crippen molar-refractivity contribution in [2.24, 2.45) is 0 Å². The number of rotatable bonds is 7. The molecular weight excluding hydrogens is 188 g/mol. The lowest BCUT2D eigenvalue weighted by Crippen LogP contribution is -2.05. The maximum atomic E-state index is 4.28. The van der Waals surface area contributed by atoms with Gasteiger partial charge < -0.3 is 10.6 Å². The maximum absolute atomic E-state index is 4.28. The Hall–Kier alpha value is -1.32. The second-order valence-corrected chi connectivity index (χ2v) is 3.50. The monoisotopic (exact) mass is 208 g/mol. The van der Waals surface area contributed by atoms with Gasteiger partial charge >= 0.3 is 0 Å². The smallest absolute Gasteiger partial charge is 0.224 e. The average Bonchev–Trinajstić information content (AvgIpc) is 2.29. The van der Waals surface area contributed by atoms with E-state index in [0.717, 1.165) is 12.4 Å². The van der Waals surface area contributed by atoms with Gasteiger partial charge in [-0.25, -0.2) is 4.98 Å². The quantitative estimate of drug-likeness (QED) is 0.676. The lowest BCUT2D eigenvalue weighted by atomic mass is 10.2. The summed E-state index contributed by atoms with van der Waals surface area (Å²) in [6, 6.07) is 1.89. The van der Waals surface area contributed by atoms with E-state index < -0.39 is 0 Å². The standard InChI is InChI=1S/C11H20N4/c1-3-4-5-6-8-13-10-7-9-14-11(12-2)15-10/h7,9H,3-6,8H2,1-2H3,(H2,12,13,14,15). The summed E-state index contributed by atoms with van der Waals surface area (Å²) in [6.07, 6.45) is 6.83. The van der Waals surface area contributed by atoms with Crippen molar-refractivity contribution in [2.45, 2.75) is 32.6 Å². The van der Waals surface area contributed by atoms with Gasteiger partial charge in [0.15, 0.2) is 0 Å². The largest absolute Gasteiger partial charge is 0.370 e. The van der Waals surface area contributed by atoms with E-state index in [9.17, 15) is 0 Å². The summed E-state index contributed by atoms with van der Waals surface area (Å²) < 4.78 is 0. The number of nitrogens with one attached hydrogen (secondary N) is 2. The molecule has 1 aromatic rings. The Balaban J connectivity index is 2.24. The van der Waals surface area contributed by atoms with Crippen molar-refractivity contribution in [3.8, 4) is 0 Å². The number of unbranched alkanes of at least 4 members (excludes halogenated alkanes) is 3. The molecule has 0 saturated heterocycles. The first-order valence-corrected chi connectivity index (χ1v) is 5.61. The minimum atomic E-state index is 0.661. The molecule has 1 rings (SSSR count).